The number of benzene rings is 2. The first-order valence-corrected chi connectivity index (χ1v) is 7.02. The van der Waals surface area contributed by atoms with E-state index in [4.69, 9.17) is 4.42 Å². The molecule has 2 aromatic carbocycles. The van der Waals surface area contributed by atoms with Gasteiger partial charge in [0.25, 0.3) is 5.91 Å². The van der Waals surface area contributed by atoms with Gasteiger partial charge in [-0.3, -0.25) is 4.79 Å². The average molecular weight is 344 g/mol. The van der Waals surface area contributed by atoms with E-state index in [0.717, 1.165) is 4.47 Å². The van der Waals surface area contributed by atoms with Crippen LogP contribution in [0.25, 0.3) is 11.0 Å². The normalized spacial score (nSPS) is 10.5. The van der Waals surface area contributed by atoms with E-state index >= 15 is 0 Å². The summed E-state index contributed by atoms with van der Waals surface area (Å²) in [6, 6.07) is 15.7. The van der Waals surface area contributed by atoms with Crippen molar-refractivity contribution < 1.29 is 9.21 Å². The molecule has 1 aromatic heterocycles. The molecule has 1 amide bonds. The van der Waals surface area contributed by atoms with Crippen LogP contribution in [0.15, 0.2) is 68.3 Å². The summed E-state index contributed by atoms with van der Waals surface area (Å²) in [4.78, 5) is 24.1. The number of carbonyl (C=O) groups excluding carboxylic acids is 1. The molecule has 0 aliphatic heterocycles. The Labute approximate surface area is 128 Å². The van der Waals surface area contributed by atoms with Crippen LogP contribution in [0.4, 0.5) is 5.69 Å². The summed E-state index contributed by atoms with van der Waals surface area (Å²) in [6.45, 7) is 0. The molecule has 0 aliphatic rings. The second-order valence-corrected chi connectivity index (χ2v) is 5.36. The zero-order valence-corrected chi connectivity index (χ0v) is 12.4. The van der Waals surface area contributed by atoms with Gasteiger partial charge in [-0.1, -0.05) is 34.1 Å². The minimum Gasteiger partial charge on any atom is -0.422 e. The molecule has 21 heavy (non-hydrogen) atoms. The highest BCUT2D eigenvalue weighted by molar-refractivity contribution is 9.10. The number of hydrogen-bond donors (Lipinski definition) is 1. The molecule has 0 spiro atoms. The van der Waals surface area contributed by atoms with Crippen LogP contribution in [0, 0.1) is 0 Å². The maximum absolute atomic E-state index is 12.2. The lowest BCUT2D eigenvalue weighted by Gasteiger charge is -2.05. The lowest BCUT2D eigenvalue weighted by Crippen LogP contribution is -2.20. The van der Waals surface area contributed by atoms with Gasteiger partial charge in [0.15, 0.2) is 0 Å². The molecule has 0 radical (unpaired) electrons. The molecule has 0 aliphatic carbocycles. The summed E-state index contributed by atoms with van der Waals surface area (Å²) < 4.78 is 6.05. The highest BCUT2D eigenvalue weighted by atomic mass is 79.9. The van der Waals surface area contributed by atoms with Crippen molar-refractivity contribution in [2.75, 3.05) is 5.32 Å². The number of halogens is 1. The van der Waals surface area contributed by atoms with E-state index < -0.39 is 11.5 Å². The molecule has 3 rings (SSSR count). The molecule has 0 bridgehead atoms. The second-order valence-electron chi connectivity index (χ2n) is 4.45. The van der Waals surface area contributed by atoms with Crippen molar-refractivity contribution >= 4 is 38.5 Å². The van der Waals surface area contributed by atoms with Gasteiger partial charge in [-0.15, -0.1) is 0 Å². The monoisotopic (exact) mass is 343 g/mol. The average Bonchev–Trinajstić information content (AvgIpc) is 2.49. The summed E-state index contributed by atoms with van der Waals surface area (Å²) in [5, 5.41) is 3.38. The Morgan fingerprint density at radius 1 is 1.05 bits per heavy atom. The van der Waals surface area contributed by atoms with Crippen molar-refractivity contribution in [3.8, 4) is 0 Å². The molecule has 0 unspecified atom stereocenters. The first-order valence-electron chi connectivity index (χ1n) is 6.23. The van der Waals surface area contributed by atoms with E-state index in [1.165, 1.54) is 6.07 Å². The largest absolute Gasteiger partial charge is 0.422 e. The van der Waals surface area contributed by atoms with E-state index in [9.17, 15) is 9.59 Å². The van der Waals surface area contributed by atoms with E-state index in [1.807, 2.05) is 6.07 Å². The van der Waals surface area contributed by atoms with Crippen molar-refractivity contribution in [1.82, 2.24) is 0 Å². The van der Waals surface area contributed by atoms with Crippen LogP contribution in [0.2, 0.25) is 0 Å². The molecule has 1 heterocycles. The zero-order valence-electron chi connectivity index (χ0n) is 10.8. The Balaban J connectivity index is 1.95. The van der Waals surface area contributed by atoms with Gasteiger partial charge in [-0.2, -0.15) is 0 Å². The number of para-hydroxylation sites is 1. The van der Waals surface area contributed by atoms with Gasteiger partial charge in [-0.25, -0.2) is 4.79 Å². The van der Waals surface area contributed by atoms with Gasteiger partial charge < -0.3 is 9.73 Å². The summed E-state index contributed by atoms with van der Waals surface area (Å²) in [6.07, 6.45) is 0. The molecule has 3 aromatic rings. The number of amides is 1. The van der Waals surface area contributed by atoms with Crippen LogP contribution in [0.3, 0.4) is 0 Å². The topological polar surface area (TPSA) is 59.3 Å². The minimum absolute atomic E-state index is 0.0170. The lowest BCUT2D eigenvalue weighted by molar-refractivity contribution is 0.102. The number of carbonyl (C=O) groups is 1. The molecule has 0 atom stereocenters. The number of rotatable bonds is 2. The Kier molecular flexibility index (Phi) is 3.58. The van der Waals surface area contributed by atoms with Gasteiger partial charge in [0.1, 0.15) is 11.1 Å². The summed E-state index contributed by atoms with van der Waals surface area (Å²) in [7, 11) is 0. The molecular formula is C16H10BrNO3. The smallest absolute Gasteiger partial charge is 0.349 e. The highest BCUT2D eigenvalue weighted by Gasteiger charge is 2.13. The van der Waals surface area contributed by atoms with Gasteiger partial charge in [0, 0.05) is 15.5 Å². The number of anilines is 1. The predicted octanol–water partition coefficient (Wildman–Crippen LogP) is 3.81. The van der Waals surface area contributed by atoms with Crippen LogP contribution < -0.4 is 10.9 Å². The standard InChI is InChI=1S/C16H10BrNO3/c17-11-5-7-12(8-6-11)18-15(19)13-9-10-3-1-2-4-14(10)21-16(13)20/h1-9H,(H,18,19). The zero-order chi connectivity index (χ0) is 14.8. The molecule has 0 saturated carbocycles. The highest BCUT2D eigenvalue weighted by Crippen LogP contribution is 2.16. The van der Waals surface area contributed by atoms with Gasteiger partial charge in [0.05, 0.1) is 0 Å². The van der Waals surface area contributed by atoms with Crippen molar-refractivity contribution in [2.45, 2.75) is 0 Å². The summed E-state index contributed by atoms with van der Waals surface area (Å²) in [5.41, 5.74) is 0.401. The molecule has 5 heteroatoms. The van der Waals surface area contributed by atoms with Crippen molar-refractivity contribution in [3.05, 3.63) is 75.1 Å². The van der Waals surface area contributed by atoms with Crippen LogP contribution in [0.5, 0.6) is 0 Å². The summed E-state index contributed by atoms with van der Waals surface area (Å²) >= 11 is 3.32. The first-order chi connectivity index (χ1) is 10.1. The van der Waals surface area contributed by atoms with Crippen LogP contribution in [-0.4, -0.2) is 5.91 Å². The fourth-order valence-electron chi connectivity index (χ4n) is 1.95. The molecule has 4 nitrogen and oxygen atoms in total. The third-order valence-corrected chi connectivity index (χ3v) is 3.52. The molecule has 104 valence electrons. The predicted molar refractivity (Wildman–Crippen MR) is 84.6 cm³/mol. The third-order valence-electron chi connectivity index (χ3n) is 2.99. The lowest BCUT2D eigenvalue weighted by atomic mass is 10.1. The van der Waals surface area contributed by atoms with Crippen molar-refractivity contribution in [2.24, 2.45) is 0 Å². The molecule has 0 saturated heterocycles. The SMILES string of the molecule is O=C(Nc1ccc(Br)cc1)c1cc2ccccc2oc1=O. The van der Waals surface area contributed by atoms with Crippen molar-refractivity contribution in [3.63, 3.8) is 0 Å². The number of hydrogen-bond acceptors (Lipinski definition) is 3. The maximum atomic E-state index is 12.2. The number of nitrogens with one attached hydrogen (secondary N) is 1. The molecule has 1 N–H and O–H groups in total. The van der Waals surface area contributed by atoms with Crippen LogP contribution in [-0.2, 0) is 0 Å². The Morgan fingerprint density at radius 2 is 1.76 bits per heavy atom. The van der Waals surface area contributed by atoms with Gasteiger partial charge >= 0.3 is 5.63 Å². The van der Waals surface area contributed by atoms with E-state index in [0.29, 0.717) is 16.7 Å². The van der Waals surface area contributed by atoms with Crippen molar-refractivity contribution in [1.29, 1.82) is 0 Å². The first kappa shape index (κ1) is 13.6. The Bertz CT molecular complexity index is 869. The summed E-state index contributed by atoms with van der Waals surface area (Å²) in [5.74, 6) is -0.489. The van der Waals surface area contributed by atoms with E-state index in [1.54, 1.807) is 42.5 Å². The van der Waals surface area contributed by atoms with Crippen LogP contribution in [0.1, 0.15) is 10.4 Å². The van der Waals surface area contributed by atoms with Crippen LogP contribution >= 0.6 is 15.9 Å². The molecule has 0 fully saturated rings. The minimum atomic E-state index is -0.650. The van der Waals surface area contributed by atoms with E-state index in [2.05, 4.69) is 21.2 Å². The Hall–Kier alpha value is -2.40. The number of fused-ring (bicyclic) bond motifs is 1. The fourth-order valence-corrected chi connectivity index (χ4v) is 2.22. The maximum Gasteiger partial charge on any atom is 0.349 e. The Morgan fingerprint density at radius 3 is 2.52 bits per heavy atom. The second kappa shape index (κ2) is 5.54. The van der Waals surface area contributed by atoms with Gasteiger partial charge in [-0.05, 0) is 36.4 Å². The third kappa shape index (κ3) is 2.87. The van der Waals surface area contributed by atoms with Gasteiger partial charge in [0.2, 0.25) is 0 Å². The molecular weight excluding hydrogens is 334 g/mol. The van der Waals surface area contributed by atoms with E-state index in [-0.39, 0.29) is 5.56 Å². The fraction of sp³-hybridized carbons (Fsp3) is 0. The quantitative estimate of drug-likeness (QED) is 0.719.